The van der Waals surface area contributed by atoms with Gasteiger partial charge in [-0.2, -0.15) is 9.97 Å². The smallest absolute Gasteiger partial charge is 0.223 e. The van der Waals surface area contributed by atoms with E-state index in [4.69, 9.17) is 5.73 Å². The van der Waals surface area contributed by atoms with E-state index in [1.54, 1.807) is 0 Å². The van der Waals surface area contributed by atoms with Crippen molar-refractivity contribution >= 4 is 23.5 Å². The summed E-state index contributed by atoms with van der Waals surface area (Å²) in [5.74, 6) is 1.94. The molecule has 1 aromatic rings. The second-order valence-electron chi connectivity index (χ2n) is 6.41. The summed E-state index contributed by atoms with van der Waals surface area (Å²) in [7, 11) is 0. The number of likely N-dealkylation sites (tertiary alicyclic amines) is 1. The van der Waals surface area contributed by atoms with Crippen molar-refractivity contribution in [1.82, 2.24) is 14.9 Å². The molecule has 0 bridgehead atoms. The van der Waals surface area contributed by atoms with Crippen LogP contribution in [-0.2, 0) is 4.79 Å². The SMILES string of the molecule is Nc1nc(NCCCN2CCCC2=O)cc(N2CCCC2CO)n1. The first kappa shape index (κ1) is 16.8. The molecule has 8 heteroatoms. The largest absolute Gasteiger partial charge is 0.394 e. The number of nitrogen functional groups attached to an aromatic ring is 1. The van der Waals surface area contributed by atoms with Crippen LogP contribution in [0.3, 0.4) is 0 Å². The first-order valence-corrected chi connectivity index (χ1v) is 8.71. The van der Waals surface area contributed by atoms with Crippen LogP contribution in [0.4, 0.5) is 17.6 Å². The summed E-state index contributed by atoms with van der Waals surface area (Å²) in [6, 6.07) is 1.99. The molecule has 4 N–H and O–H groups in total. The van der Waals surface area contributed by atoms with E-state index in [1.165, 1.54) is 0 Å². The maximum Gasteiger partial charge on any atom is 0.223 e. The number of nitrogens with one attached hydrogen (secondary N) is 1. The van der Waals surface area contributed by atoms with Crippen LogP contribution in [0.25, 0.3) is 0 Å². The van der Waals surface area contributed by atoms with Crippen LogP contribution in [0.2, 0.25) is 0 Å². The van der Waals surface area contributed by atoms with Crippen molar-refractivity contribution in [2.24, 2.45) is 0 Å². The molecule has 2 fully saturated rings. The van der Waals surface area contributed by atoms with Crippen LogP contribution in [0.1, 0.15) is 32.1 Å². The lowest BCUT2D eigenvalue weighted by atomic mass is 10.2. The minimum absolute atomic E-state index is 0.105. The summed E-state index contributed by atoms with van der Waals surface area (Å²) < 4.78 is 0. The zero-order chi connectivity index (χ0) is 16.9. The Kier molecular flexibility index (Phi) is 5.34. The highest BCUT2D eigenvalue weighted by atomic mass is 16.3. The molecule has 1 atom stereocenters. The molecule has 0 spiro atoms. The maximum absolute atomic E-state index is 11.6. The number of nitrogens with two attached hydrogens (primary N) is 1. The molecule has 3 rings (SSSR count). The van der Waals surface area contributed by atoms with E-state index in [-0.39, 0.29) is 24.5 Å². The zero-order valence-electron chi connectivity index (χ0n) is 13.9. The van der Waals surface area contributed by atoms with Crippen molar-refractivity contribution in [3.05, 3.63) is 6.07 Å². The van der Waals surface area contributed by atoms with Gasteiger partial charge in [-0.1, -0.05) is 0 Å². The van der Waals surface area contributed by atoms with Gasteiger partial charge in [0.05, 0.1) is 12.6 Å². The van der Waals surface area contributed by atoms with Gasteiger partial charge in [-0.3, -0.25) is 4.79 Å². The van der Waals surface area contributed by atoms with Gasteiger partial charge in [0.25, 0.3) is 0 Å². The Labute approximate surface area is 142 Å². The highest BCUT2D eigenvalue weighted by Crippen LogP contribution is 2.25. The van der Waals surface area contributed by atoms with Crippen molar-refractivity contribution in [1.29, 1.82) is 0 Å². The second kappa shape index (κ2) is 7.65. The standard InChI is InChI=1S/C16H26N6O2/c17-16-19-13(18-6-3-8-21-7-2-5-15(21)24)10-14(20-16)22-9-1-4-12(22)11-23/h10,12,23H,1-9,11H2,(H3,17,18,19,20). The number of aromatic nitrogens is 2. The topological polar surface area (TPSA) is 108 Å². The third-order valence-corrected chi connectivity index (χ3v) is 4.69. The molecule has 2 saturated heterocycles. The van der Waals surface area contributed by atoms with Crippen molar-refractivity contribution in [3.63, 3.8) is 0 Å². The number of aliphatic hydroxyl groups excluding tert-OH is 1. The second-order valence-corrected chi connectivity index (χ2v) is 6.41. The predicted octanol–water partition coefficient (Wildman–Crippen LogP) is 0.444. The molecule has 1 aromatic heterocycles. The van der Waals surface area contributed by atoms with Gasteiger partial charge >= 0.3 is 0 Å². The fourth-order valence-corrected chi connectivity index (χ4v) is 3.44. The number of rotatable bonds is 7. The average molecular weight is 334 g/mol. The van der Waals surface area contributed by atoms with Gasteiger partial charge in [0.2, 0.25) is 11.9 Å². The summed E-state index contributed by atoms with van der Waals surface area (Å²) >= 11 is 0. The molecule has 8 nitrogen and oxygen atoms in total. The number of carbonyl (C=O) groups excluding carboxylic acids is 1. The first-order chi connectivity index (χ1) is 11.7. The first-order valence-electron chi connectivity index (χ1n) is 8.71. The molecule has 0 aliphatic carbocycles. The number of amides is 1. The number of hydrogen-bond acceptors (Lipinski definition) is 7. The number of hydrogen-bond donors (Lipinski definition) is 3. The molecule has 0 saturated carbocycles. The number of carbonyl (C=O) groups is 1. The highest BCUT2D eigenvalue weighted by molar-refractivity contribution is 5.78. The molecule has 0 radical (unpaired) electrons. The molecule has 2 aliphatic heterocycles. The van der Waals surface area contributed by atoms with E-state index in [0.29, 0.717) is 12.2 Å². The molecule has 3 heterocycles. The Bertz CT molecular complexity index is 582. The molecule has 24 heavy (non-hydrogen) atoms. The number of anilines is 3. The van der Waals surface area contributed by atoms with Gasteiger partial charge < -0.3 is 26.0 Å². The van der Waals surface area contributed by atoms with Crippen LogP contribution in [0.15, 0.2) is 6.07 Å². The minimum atomic E-state index is 0.105. The van der Waals surface area contributed by atoms with E-state index in [9.17, 15) is 9.90 Å². The molecule has 2 aliphatic rings. The third-order valence-electron chi connectivity index (χ3n) is 4.69. The van der Waals surface area contributed by atoms with Crippen LogP contribution in [-0.4, -0.2) is 64.7 Å². The fourth-order valence-electron chi connectivity index (χ4n) is 3.44. The summed E-state index contributed by atoms with van der Waals surface area (Å²) in [5.41, 5.74) is 5.83. The predicted molar refractivity (Wildman–Crippen MR) is 92.8 cm³/mol. The van der Waals surface area contributed by atoms with Crippen molar-refractivity contribution < 1.29 is 9.90 Å². The monoisotopic (exact) mass is 334 g/mol. The molecule has 0 aromatic carbocycles. The summed E-state index contributed by atoms with van der Waals surface area (Å²) in [6.45, 7) is 3.37. The van der Waals surface area contributed by atoms with Gasteiger partial charge in [-0.25, -0.2) is 0 Å². The van der Waals surface area contributed by atoms with E-state index in [0.717, 1.165) is 57.7 Å². The molecular formula is C16H26N6O2. The van der Waals surface area contributed by atoms with Crippen LogP contribution >= 0.6 is 0 Å². The quantitative estimate of drug-likeness (QED) is 0.621. The summed E-state index contributed by atoms with van der Waals surface area (Å²) in [4.78, 5) is 24.1. The summed E-state index contributed by atoms with van der Waals surface area (Å²) in [6.07, 6.45) is 4.53. The Morgan fingerprint density at radius 1 is 1.33 bits per heavy atom. The highest BCUT2D eigenvalue weighted by Gasteiger charge is 2.25. The van der Waals surface area contributed by atoms with Crippen molar-refractivity contribution in [3.8, 4) is 0 Å². The van der Waals surface area contributed by atoms with Gasteiger partial charge in [0, 0.05) is 38.7 Å². The maximum atomic E-state index is 11.6. The lowest BCUT2D eigenvalue weighted by molar-refractivity contribution is -0.127. The Hall–Kier alpha value is -2.09. The Balaban J connectivity index is 1.54. The van der Waals surface area contributed by atoms with E-state index in [2.05, 4.69) is 20.2 Å². The van der Waals surface area contributed by atoms with E-state index >= 15 is 0 Å². The lowest BCUT2D eigenvalue weighted by Crippen LogP contribution is -2.33. The average Bonchev–Trinajstić information content (AvgIpc) is 3.20. The number of nitrogens with zero attached hydrogens (tertiary/aromatic N) is 4. The Morgan fingerprint density at radius 3 is 2.96 bits per heavy atom. The normalized spacial score (nSPS) is 20.9. The van der Waals surface area contributed by atoms with Gasteiger partial charge in [-0.15, -0.1) is 0 Å². The lowest BCUT2D eigenvalue weighted by Gasteiger charge is -2.24. The molecular weight excluding hydrogens is 308 g/mol. The Morgan fingerprint density at radius 2 is 2.21 bits per heavy atom. The van der Waals surface area contributed by atoms with Crippen molar-refractivity contribution in [2.45, 2.75) is 38.1 Å². The van der Waals surface area contributed by atoms with Gasteiger partial charge in [-0.05, 0) is 25.7 Å². The summed E-state index contributed by atoms with van der Waals surface area (Å²) in [5, 5.41) is 12.7. The molecule has 1 amide bonds. The van der Waals surface area contributed by atoms with E-state index < -0.39 is 0 Å². The van der Waals surface area contributed by atoms with Crippen molar-refractivity contribution in [2.75, 3.05) is 48.7 Å². The minimum Gasteiger partial charge on any atom is -0.394 e. The zero-order valence-corrected chi connectivity index (χ0v) is 13.9. The molecule has 1 unspecified atom stereocenters. The van der Waals surface area contributed by atoms with E-state index in [1.807, 2.05) is 11.0 Å². The fraction of sp³-hybridized carbons (Fsp3) is 0.688. The number of aliphatic hydroxyl groups is 1. The van der Waals surface area contributed by atoms with Gasteiger partial charge in [0.15, 0.2) is 0 Å². The van der Waals surface area contributed by atoms with Crippen LogP contribution in [0.5, 0.6) is 0 Å². The van der Waals surface area contributed by atoms with Gasteiger partial charge in [0.1, 0.15) is 11.6 Å². The molecule has 132 valence electrons. The van der Waals surface area contributed by atoms with Crippen LogP contribution < -0.4 is 16.0 Å². The van der Waals surface area contributed by atoms with Crippen LogP contribution in [0, 0.1) is 0 Å². The third kappa shape index (κ3) is 3.87.